The average molecular weight is 202 g/mol. The number of pyridine rings is 1. The molecule has 0 amide bonds. The van der Waals surface area contributed by atoms with Crippen LogP contribution in [0.1, 0.15) is 37.2 Å². The van der Waals surface area contributed by atoms with E-state index in [9.17, 15) is 0 Å². The normalized spacial score (nSPS) is 11.7. The summed E-state index contributed by atoms with van der Waals surface area (Å²) in [5.74, 6) is 5.99. The molecule has 80 valence electrons. The van der Waals surface area contributed by atoms with Crippen molar-refractivity contribution in [1.29, 1.82) is 0 Å². The zero-order chi connectivity index (χ0) is 11.1. The first-order valence-electron chi connectivity index (χ1n) is 5.28. The summed E-state index contributed by atoms with van der Waals surface area (Å²) >= 11 is 0. The third-order valence-corrected chi connectivity index (χ3v) is 2.35. The highest BCUT2D eigenvalue weighted by atomic mass is 14.9. The van der Waals surface area contributed by atoms with Gasteiger partial charge in [-0.05, 0) is 39.4 Å². The second kappa shape index (κ2) is 6.21. The molecular formula is C13H18N2. The first kappa shape index (κ1) is 11.7. The second-order valence-corrected chi connectivity index (χ2v) is 3.51. The summed E-state index contributed by atoms with van der Waals surface area (Å²) < 4.78 is 0. The van der Waals surface area contributed by atoms with Gasteiger partial charge in [-0.15, -0.1) is 11.8 Å². The van der Waals surface area contributed by atoms with Crippen molar-refractivity contribution < 1.29 is 0 Å². The average Bonchev–Trinajstić information content (AvgIpc) is 2.24. The molecule has 1 aromatic rings. The predicted octanol–water partition coefficient (Wildman–Crippen LogP) is 2.45. The maximum Gasteiger partial charge on any atom is 0.0576 e. The van der Waals surface area contributed by atoms with E-state index in [1.807, 2.05) is 33.0 Å². The number of aryl methyl sites for hydroxylation is 1. The summed E-state index contributed by atoms with van der Waals surface area (Å²) in [6, 6.07) is 6.44. The third kappa shape index (κ3) is 3.73. The second-order valence-electron chi connectivity index (χ2n) is 3.51. The Kier molecular flexibility index (Phi) is 4.86. The topological polar surface area (TPSA) is 24.9 Å². The van der Waals surface area contributed by atoms with Crippen molar-refractivity contribution >= 4 is 0 Å². The van der Waals surface area contributed by atoms with E-state index in [1.165, 1.54) is 0 Å². The Labute approximate surface area is 92.1 Å². The van der Waals surface area contributed by atoms with Crippen LogP contribution >= 0.6 is 0 Å². The van der Waals surface area contributed by atoms with Crippen molar-refractivity contribution in [3.05, 3.63) is 29.6 Å². The van der Waals surface area contributed by atoms with Gasteiger partial charge in [-0.3, -0.25) is 4.98 Å². The van der Waals surface area contributed by atoms with E-state index in [2.05, 4.69) is 28.2 Å². The maximum absolute atomic E-state index is 4.51. The number of aromatic nitrogens is 1. The van der Waals surface area contributed by atoms with Gasteiger partial charge in [-0.25, -0.2) is 0 Å². The molecule has 0 radical (unpaired) electrons. The SMILES string of the molecule is CC#CCCC(NC)c1cccc(C)n1. The summed E-state index contributed by atoms with van der Waals surface area (Å²) in [5.41, 5.74) is 2.17. The smallest absolute Gasteiger partial charge is 0.0576 e. The number of nitrogens with zero attached hydrogens (tertiary/aromatic N) is 1. The Morgan fingerprint density at radius 2 is 2.27 bits per heavy atom. The molecule has 1 atom stereocenters. The molecule has 0 aliphatic carbocycles. The molecule has 0 aliphatic rings. The Balaban J connectivity index is 2.68. The van der Waals surface area contributed by atoms with Gasteiger partial charge >= 0.3 is 0 Å². The minimum atomic E-state index is 0.311. The molecule has 1 heterocycles. The molecule has 2 nitrogen and oxygen atoms in total. The molecule has 15 heavy (non-hydrogen) atoms. The maximum atomic E-state index is 4.51. The zero-order valence-corrected chi connectivity index (χ0v) is 9.67. The summed E-state index contributed by atoms with van der Waals surface area (Å²) in [5, 5.41) is 3.27. The Hall–Kier alpha value is -1.33. The Morgan fingerprint density at radius 3 is 2.87 bits per heavy atom. The summed E-state index contributed by atoms with van der Waals surface area (Å²) in [6.45, 7) is 3.89. The minimum Gasteiger partial charge on any atom is -0.312 e. The van der Waals surface area contributed by atoms with Crippen molar-refractivity contribution in [1.82, 2.24) is 10.3 Å². The number of rotatable bonds is 4. The quantitative estimate of drug-likeness (QED) is 0.759. The van der Waals surface area contributed by atoms with E-state index >= 15 is 0 Å². The molecule has 1 aromatic heterocycles. The van der Waals surface area contributed by atoms with Crippen LogP contribution in [0.15, 0.2) is 18.2 Å². The van der Waals surface area contributed by atoms with E-state index < -0.39 is 0 Å². The van der Waals surface area contributed by atoms with Gasteiger partial charge in [0.05, 0.1) is 11.7 Å². The van der Waals surface area contributed by atoms with E-state index in [-0.39, 0.29) is 0 Å². The van der Waals surface area contributed by atoms with Crippen LogP contribution in [0.4, 0.5) is 0 Å². The van der Waals surface area contributed by atoms with E-state index in [0.29, 0.717) is 6.04 Å². The zero-order valence-electron chi connectivity index (χ0n) is 9.67. The number of hydrogen-bond donors (Lipinski definition) is 1. The lowest BCUT2D eigenvalue weighted by molar-refractivity contribution is 0.543. The van der Waals surface area contributed by atoms with Crippen molar-refractivity contribution in [2.45, 2.75) is 32.7 Å². The number of hydrogen-bond acceptors (Lipinski definition) is 2. The summed E-state index contributed by atoms with van der Waals surface area (Å²) in [6.07, 6.45) is 1.92. The van der Waals surface area contributed by atoms with Crippen molar-refractivity contribution in [2.75, 3.05) is 7.05 Å². The molecular weight excluding hydrogens is 184 g/mol. The lowest BCUT2D eigenvalue weighted by Crippen LogP contribution is -2.17. The van der Waals surface area contributed by atoms with E-state index in [0.717, 1.165) is 24.2 Å². The lowest BCUT2D eigenvalue weighted by atomic mass is 10.1. The first-order chi connectivity index (χ1) is 7.27. The van der Waals surface area contributed by atoms with Crippen LogP contribution in [0.25, 0.3) is 0 Å². The van der Waals surface area contributed by atoms with Crippen LogP contribution in [-0.2, 0) is 0 Å². The number of nitrogens with one attached hydrogen (secondary N) is 1. The fraction of sp³-hybridized carbons (Fsp3) is 0.462. The van der Waals surface area contributed by atoms with E-state index in [1.54, 1.807) is 0 Å². The summed E-state index contributed by atoms with van der Waals surface area (Å²) in [7, 11) is 1.97. The molecule has 1 unspecified atom stereocenters. The fourth-order valence-corrected chi connectivity index (χ4v) is 1.54. The van der Waals surface area contributed by atoms with Crippen LogP contribution in [0.5, 0.6) is 0 Å². The van der Waals surface area contributed by atoms with Gasteiger partial charge in [0.15, 0.2) is 0 Å². The molecule has 0 saturated carbocycles. The van der Waals surface area contributed by atoms with Crippen LogP contribution in [0, 0.1) is 18.8 Å². The van der Waals surface area contributed by atoms with E-state index in [4.69, 9.17) is 0 Å². The summed E-state index contributed by atoms with van der Waals surface area (Å²) in [4.78, 5) is 4.51. The molecule has 0 aromatic carbocycles. The molecule has 2 heteroatoms. The van der Waals surface area contributed by atoms with Crippen LogP contribution < -0.4 is 5.32 Å². The first-order valence-corrected chi connectivity index (χ1v) is 5.28. The van der Waals surface area contributed by atoms with Gasteiger partial charge < -0.3 is 5.32 Å². The van der Waals surface area contributed by atoms with Gasteiger partial charge in [0.1, 0.15) is 0 Å². The van der Waals surface area contributed by atoms with Gasteiger partial charge in [0.25, 0.3) is 0 Å². The van der Waals surface area contributed by atoms with Gasteiger partial charge in [-0.1, -0.05) is 6.07 Å². The highest BCUT2D eigenvalue weighted by Gasteiger charge is 2.09. The third-order valence-electron chi connectivity index (χ3n) is 2.35. The highest BCUT2D eigenvalue weighted by Crippen LogP contribution is 2.15. The van der Waals surface area contributed by atoms with Gasteiger partial charge in [0, 0.05) is 12.1 Å². The largest absolute Gasteiger partial charge is 0.312 e. The van der Waals surface area contributed by atoms with Crippen LogP contribution in [-0.4, -0.2) is 12.0 Å². The fourth-order valence-electron chi connectivity index (χ4n) is 1.54. The molecule has 0 spiro atoms. The molecule has 0 bridgehead atoms. The van der Waals surface area contributed by atoms with Crippen LogP contribution in [0.3, 0.4) is 0 Å². The van der Waals surface area contributed by atoms with Crippen molar-refractivity contribution in [3.8, 4) is 11.8 Å². The monoisotopic (exact) mass is 202 g/mol. The standard InChI is InChI=1S/C13H18N2/c1-4-5-6-9-12(14-3)13-10-7-8-11(2)15-13/h7-8,10,12,14H,6,9H2,1-3H3. The van der Waals surface area contributed by atoms with Crippen LogP contribution in [0.2, 0.25) is 0 Å². The highest BCUT2D eigenvalue weighted by molar-refractivity contribution is 5.13. The Bertz CT molecular complexity index is 360. The molecule has 0 saturated heterocycles. The Morgan fingerprint density at radius 1 is 1.47 bits per heavy atom. The van der Waals surface area contributed by atoms with Crippen molar-refractivity contribution in [3.63, 3.8) is 0 Å². The van der Waals surface area contributed by atoms with Gasteiger partial charge in [0.2, 0.25) is 0 Å². The molecule has 0 fully saturated rings. The predicted molar refractivity (Wildman–Crippen MR) is 63.5 cm³/mol. The lowest BCUT2D eigenvalue weighted by Gasteiger charge is -2.14. The molecule has 0 aliphatic heterocycles. The minimum absolute atomic E-state index is 0.311. The van der Waals surface area contributed by atoms with Crippen molar-refractivity contribution in [2.24, 2.45) is 0 Å². The van der Waals surface area contributed by atoms with Gasteiger partial charge in [-0.2, -0.15) is 0 Å². The molecule has 1 rings (SSSR count). The molecule has 1 N–H and O–H groups in total.